The highest BCUT2D eigenvalue weighted by Crippen LogP contribution is 2.17. The summed E-state index contributed by atoms with van der Waals surface area (Å²) in [5.74, 6) is 0.699. The molecule has 0 bridgehead atoms. The Hall–Kier alpha value is -2.93. The summed E-state index contributed by atoms with van der Waals surface area (Å²) in [4.78, 5) is 23.7. The molecule has 7 heteroatoms. The number of imidazole rings is 1. The average Bonchev–Trinajstić information content (AvgIpc) is 2.99. The standard InChI is InChI=1S/C18H19N5O2/c1-13-17(23-7-3-2-4-16(23)20-13)18(24)21-14-5-6-15(19-12-14)22-8-10-25-11-9-22/h2-7,12H,8-11H2,1H3,(H,21,24). The van der Waals surface area contributed by atoms with Gasteiger partial charge in [0.15, 0.2) is 0 Å². The first-order valence-electron chi connectivity index (χ1n) is 8.26. The van der Waals surface area contributed by atoms with Crippen LogP contribution in [0.1, 0.15) is 16.2 Å². The number of hydrogen-bond acceptors (Lipinski definition) is 5. The van der Waals surface area contributed by atoms with Gasteiger partial charge in [0.2, 0.25) is 0 Å². The molecule has 7 nitrogen and oxygen atoms in total. The molecule has 0 radical (unpaired) electrons. The lowest BCUT2D eigenvalue weighted by Gasteiger charge is -2.27. The van der Waals surface area contributed by atoms with Crippen molar-refractivity contribution < 1.29 is 9.53 Å². The maximum Gasteiger partial charge on any atom is 0.274 e. The molecule has 0 unspecified atom stereocenters. The summed E-state index contributed by atoms with van der Waals surface area (Å²) in [7, 11) is 0. The number of morpholine rings is 1. The maximum absolute atomic E-state index is 12.7. The van der Waals surface area contributed by atoms with E-state index in [1.807, 2.05) is 43.5 Å². The van der Waals surface area contributed by atoms with Gasteiger partial charge in [-0.2, -0.15) is 0 Å². The van der Waals surface area contributed by atoms with E-state index in [1.54, 1.807) is 10.6 Å². The predicted octanol–water partition coefficient (Wildman–Crippen LogP) is 2.13. The smallest absolute Gasteiger partial charge is 0.274 e. The van der Waals surface area contributed by atoms with E-state index < -0.39 is 0 Å². The first kappa shape index (κ1) is 15.6. The van der Waals surface area contributed by atoms with Crippen molar-refractivity contribution in [2.24, 2.45) is 0 Å². The number of nitrogens with one attached hydrogen (secondary N) is 1. The van der Waals surface area contributed by atoms with Crippen molar-refractivity contribution in [1.29, 1.82) is 0 Å². The minimum Gasteiger partial charge on any atom is -0.378 e. The van der Waals surface area contributed by atoms with Crippen LogP contribution in [0.25, 0.3) is 5.65 Å². The van der Waals surface area contributed by atoms with Gasteiger partial charge in [-0.15, -0.1) is 0 Å². The highest BCUT2D eigenvalue weighted by molar-refractivity contribution is 6.04. The van der Waals surface area contributed by atoms with Gasteiger partial charge < -0.3 is 15.0 Å². The van der Waals surface area contributed by atoms with E-state index in [4.69, 9.17) is 4.74 Å². The Kier molecular flexibility index (Phi) is 4.07. The van der Waals surface area contributed by atoms with Gasteiger partial charge in [0.25, 0.3) is 5.91 Å². The predicted molar refractivity (Wildman–Crippen MR) is 95.2 cm³/mol. The Morgan fingerprint density at radius 1 is 1.20 bits per heavy atom. The lowest BCUT2D eigenvalue weighted by molar-refractivity contribution is 0.102. The lowest BCUT2D eigenvalue weighted by atomic mass is 10.3. The molecular weight excluding hydrogens is 318 g/mol. The molecule has 0 atom stereocenters. The fourth-order valence-electron chi connectivity index (χ4n) is 3.02. The topological polar surface area (TPSA) is 71.8 Å². The molecule has 4 heterocycles. The number of anilines is 2. The van der Waals surface area contributed by atoms with Gasteiger partial charge in [-0.3, -0.25) is 9.20 Å². The van der Waals surface area contributed by atoms with Gasteiger partial charge in [-0.25, -0.2) is 9.97 Å². The number of pyridine rings is 2. The second-order valence-corrected chi connectivity index (χ2v) is 5.93. The van der Waals surface area contributed by atoms with E-state index in [1.165, 1.54) is 0 Å². The van der Waals surface area contributed by atoms with Gasteiger partial charge in [-0.1, -0.05) is 6.07 Å². The van der Waals surface area contributed by atoms with Crippen LogP contribution < -0.4 is 10.2 Å². The Balaban J connectivity index is 1.53. The lowest BCUT2D eigenvalue weighted by Crippen LogP contribution is -2.36. The van der Waals surface area contributed by atoms with Crippen LogP contribution in [-0.2, 0) is 4.74 Å². The molecule has 0 saturated carbocycles. The monoisotopic (exact) mass is 337 g/mol. The number of ether oxygens (including phenoxy) is 1. The Morgan fingerprint density at radius 2 is 2.04 bits per heavy atom. The molecule has 1 aliphatic heterocycles. The van der Waals surface area contributed by atoms with Crippen molar-refractivity contribution in [3.8, 4) is 0 Å². The van der Waals surface area contributed by atoms with Gasteiger partial charge >= 0.3 is 0 Å². The number of nitrogens with zero attached hydrogens (tertiary/aromatic N) is 4. The molecule has 1 saturated heterocycles. The number of carbonyl (C=O) groups is 1. The first-order chi connectivity index (χ1) is 12.2. The second kappa shape index (κ2) is 6.52. The fourth-order valence-corrected chi connectivity index (χ4v) is 3.02. The quantitative estimate of drug-likeness (QED) is 0.793. The molecule has 1 N–H and O–H groups in total. The maximum atomic E-state index is 12.7. The van der Waals surface area contributed by atoms with E-state index in [0.29, 0.717) is 30.3 Å². The minimum absolute atomic E-state index is 0.197. The molecule has 1 amide bonds. The van der Waals surface area contributed by atoms with Crippen LogP contribution in [0.5, 0.6) is 0 Å². The summed E-state index contributed by atoms with van der Waals surface area (Å²) in [5, 5.41) is 2.90. The van der Waals surface area contributed by atoms with Crippen molar-refractivity contribution in [1.82, 2.24) is 14.4 Å². The summed E-state index contributed by atoms with van der Waals surface area (Å²) in [5.41, 5.74) is 2.65. The van der Waals surface area contributed by atoms with Crippen LogP contribution in [0, 0.1) is 6.92 Å². The molecule has 0 spiro atoms. The van der Waals surface area contributed by atoms with E-state index in [-0.39, 0.29) is 5.91 Å². The summed E-state index contributed by atoms with van der Waals surface area (Å²) in [6.45, 7) is 4.93. The van der Waals surface area contributed by atoms with Crippen molar-refractivity contribution in [3.63, 3.8) is 0 Å². The van der Waals surface area contributed by atoms with E-state index in [2.05, 4.69) is 20.2 Å². The van der Waals surface area contributed by atoms with Crippen molar-refractivity contribution in [2.75, 3.05) is 36.5 Å². The van der Waals surface area contributed by atoms with Gasteiger partial charge in [0, 0.05) is 19.3 Å². The zero-order valence-corrected chi connectivity index (χ0v) is 14.0. The van der Waals surface area contributed by atoms with Crippen LogP contribution in [0.3, 0.4) is 0 Å². The Morgan fingerprint density at radius 3 is 2.80 bits per heavy atom. The molecule has 128 valence electrons. The molecular formula is C18H19N5O2. The molecule has 4 rings (SSSR count). The number of fused-ring (bicyclic) bond motifs is 1. The molecule has 3 aromatic heterocycles. The van der Waals surface area contributed by atoms with Crippen molar-refractivity contribution in [2.45, 2.75) is 6.92 Å². The van der Waals surface area contributed by atoms with Crippen LogP contribution in [0.15, 0.2) is 42.7 Å². The van der Waals surface area contributed by atoms with Crippen LogP contribution >= 0.6 is 0 Å². The third kappa shape index (κ3) is 3.06. The molecule has 0 aromatic carbocycles. The normalized spacial score (nSPS) is 14.7. The summed E-state index contributed by atoms with van der Waals surface area (Å²) in [6.07, 6.45) is 3.52. The van der Waals surface area contributed by atoms with Crippen molar-refractivity contribution >= 4 is 23.1 Å². The first-order valence-corrected chi connectivity index (χ1v) is 8.26. The highest BCUT2D eigenvalue weighted by Gasteiger charge is 2.17. The zero-order valence-electron chi connectivity index (χ0n) is 14.0. The number of rotatable bonds is 3. The summed E-state index contributed by atoms with van der Waals surface area (Å²) in [6, 6.07) is 9.44. The van der Waals surface area contributed by atoms with Crippen LogP contribution in [0.4, 0.5) is 11.5 Å². The van der Waals surface area contributed by atoms with E-state index in [0.717, 1.165) is 24.6 Å². The third-order valence-electron chi connectivity index (χ3n) is 4.26. The largest absolute Gasteiger partial charge is 0.378 e. The molecule has 1 aliphatic rings. The number of aryl methyl sites for hydroxylation is 1. The van der Waals surface area contributed by atoms with E-state index in [9.17, 15) is 4.79 Å². The van der Waals surface area contributed by atoms with Crippen molar-refractivity contribution in [3.05, 3.63) is 54.1 Å². The average molecular weight is 337 g/mol. The van der Waals surface area contributed by atoms with E-state index >= 15 is 0 Å². The summed E-state index contributed by atoms with van der Waals surface area (Å²) < 4.78 is 7.14. The Labute approximate surface area is 145 Å². The molecule has 0 aliphatic carbocycles. The fraction of sp³-hybridized carbons (Fsp3) is 0.278. The van der Waals surface area contributed by atoms with Gasteiger partial charge in [0.05, 0.1) is 30.8 Å². The Bertz CT molecular complexity index is 897. The van der Waals surface area contributed by atoms with Gasteiger partial charge in [-0.05, 0) is 31.2 Å². The number of hydrogen-bond donors (Lipinski definition) is 1. The zero-order chi connectivity index (χ0) is 17.2. The van der Waals surface area contributed by atoms with Crippen LogP contribution in [0.2, 0.25) is 0 Å². The highest BCUT2D eigenvalue weighted by atomic mass is 16.5. The third-order valence-corrected chi connectivity index (χ3v) is 4.26. The number of aromatic nitrogens is 3. The minimum atomic E-state index is -0.197. The summed E-state index contributed by atoms with van der Waals surface area (Å²) >= 11 is 0. The second-order valence-electron chi connectivity index (χ2n) is 5.93. The van der Waals surface area contributed by atoms with Crippen LogP contribution in [-0.4, -0.2) is 46.6 Å². The molecule has 1 fully saturated rings. The molecule has 3 aromatic rings. The number of amides is 1. The number of carbonyl (C=O) groups excluding carboxylic acids is 1. The van der Waals surface area contributed by atoms with Gasteiger partial charge in [0.1, 0.15) is 17.2 Å². The SMILES string of the molecule is Cc1nc2ccccn2c1C(=O)Nc1ccc(N2CCOCC2)nc1. The molecule has 25 heavy (non-hydrogen) atoms.